The highest BCUT2D eigenvalue weighted by Crippen LogP contribution is 2.31. The first-order valence-corrected chi connectivity index (χ1v) is 8.54. The summed E-state index contributed by atoms with van der Waals surface area (Å²) in [5.74, 6) is 0.135. The summed E-state index contributed by atoms with van der Waals surface area (Å²) in [5, 5.41) is 4.35. The maximum absolute atomic E-state index is 12.0. The van der Waals surface area contributed by atoms with Gasteiger partial charge in [0.25, 0.3) is 0 Å². The molecule has 1 N–H and O–H groups in total. The molecule has 0 spiro atoms. The average molecular weight is 313 g/mol. The molecule has 0 atom stereocenters. The number of nitrogens with one attached hydrogen (secondary N) is 1. The van der Waals surface area contributed by atoms with Gasteiger partial charge in [0.1, 0.15) is 0 Å². The van der Waals surface area contributed by atoms with Gasteiger partial charge in [-0.1, -0.05) is 11.6 Å². The molecule has 1 amide bonds. The molecule has 0 saturated carbocycles. The molecule has 1 aliphatic heterocycles. The van der Waals surface area contributed by atoms with Gasteiger partial charge in [-0.2, -0.15) is 0 Å². The van der Waals surface area contributed by atoms with E-state index in [1.54, 1.807) is 0 Å². The second-order valence-corrected chi connectivity index (χ2v) is 7.06. The van der Waals surface area contributed by atoms with E-state index in [0.717, 1.165) is 26.1 Å². The Labute approximate surface area is 138 Å². The van der Waals surface area contributed by atoms with E-state index in [2.05, 4.69) is 47.0 Å². The van der Waals surface area contributed by atoms with Crippen LogP contribution >= 0.6 is 0 Å². The Balaban J connectivity index is 1.95. The number of likely N-dealkylation sites (N-methyl/N-ethyl adjacent to an activating group) is 1. The third-order valence-electron chi connectivity index (χ3n) is 4.61. The van der Waals surface area contributed by atoms with Gasteiger partial charge in [-0.05, 0) is 45.5 Å². The molecule has 124 valence electrons. The highest BCUT2D eigenvalue weighted by molar-refractivity contribution is 5.87. The van der Waals surface area contributed by atoms with Crippen LogP contribution in [-0.2, 0) is 24.3 Å². The van der Waals surface area contributed by atoms with E-state index >= 15 is 0 Å². The lowest BCUT2D eigenvalue weighted by Gasteiger charge is -2.24. The zero-order chi connectivity index (χ0) is 16.6. The molecule has 0 radical (unpaired) electrons. The van der Waals surface area contributed by atoms with Crippen LogP contribution in [0.15, 0.2) is 18.2 Å². The summed E-state index contributed by atoms with van der Waals surface area (Å²) in [4.78, 5) is 14.4. The molecule has 3 rings (SSSR count). The largest absolute Gasteiger partial charge is 0.354 e. The summed E-state index contributed by atoms with van der Waals surface area (Å²) < 4.78 is 2.37. The molecule has 23 heavy (non-hydrogen) atoms. The number of hydrogen-bond acceptors (Lipinski definition) is 2. The van der Waals surface area contributed by atoms with Crippen molar-refractivity contribution in [3.63, 3.8) is 0 Å². The summed E-state index contributed by atoms with van der Waals surface area (Å²) in [5.41, 5.74) is 5.43. The predicted octanol–water partition coefficient (Wildman–Crippen LogP) is 2.85. The van der Waals surface area contributed by atoms with Crippen LogP contribution < -0.4 is 5.32 Å². The van der Waals surface area contributed by atoms with Crippen LogP contribution in [0.5, 0.6) is 0 Å². The summed E-state index contributed by atoms with van der Waals surface area (Å²) in [6, 6.07) is 6.87. The van der Waals surface area contributed by atoms with Crippen LogP contribution in [0, 0.1) is 6.92 Å². The van der Waals surface area contributed by atoms with E-state index in [-0.39, 0.29) is 11.9 Å². The highest BCUT2D eigenvalue weighted by Gasteiger charge is 2.22. The summed E-state index contributed by atoms with van der Waals surface area (Å²) in [6.45, 7) is 9.00. The highest BCUT2D eigenvalue weighted by atomic mass is 16.1. The van der Waals surface area contributed by atoms with Gasteiger partial charge in [0.05, 0.1) is 0 Å². The van der Waals surface area contributed by atoms with Crippen LogP contribution in [0.4, 0.5) is 0 Å². The van der Waals surface area contributed by atoms with Crippen molar-refractivity contribution in [3.8, 4) is 0 Å². The zero-order valence-electron chi connectivity index (χ0n) is 14.6. The first-order chi connectivity index (χ1) is 11.0. The van der Waals surface area contributed by atoms with Crippen molar-refractivity contribution in [3.05, 3.63) is 35.0 Å². The Morgan fingerprint density at radius 2 is 2.13 bits per heavy atom. The van der Waals surface area contributed by atoms with E-state index in [4.69, 9.17) is 0 Å². The van der Waals surface area contributed by atoms with Gasteiger partial charge in [-0.25, -0.2) is 0 Å². The molecule has 2 aromatic rings. The van der Waals surface area contributed by atoms with Crippen molar-refractivity contribution in [1.82, 2.24) is 14.8 Å². The third-order valence-corrected chi connectivity index (χ3v) is 4.61. The molecule has 1 aliphatic rings. The van der Waals surface area contributed by atoms with E-state index in [0.29, 0.717) is 6.42 Å². The minimum atomic E-state index is 0.135. The van der Waals surface area contributed by atoms with Crippen molar-refractivity contribution in [2.24, 2.45) is 0 Å². The number of aromatic nitrogens is 1. The smallest absolute Gasteiger partial charge is 0.221 e. The zero-order valence-corrected chi connectivity index (χ0v) is 14.6. The molecule has 1 aromatic heterocycles. The monoisotopic (exact) mass is 313 g/mol. The van der Waals surface area contributed by atoms with Crippen LogP contribution in [-0.4, -0.2) is 35.0 Å². The molecule has 0 fully saturated rings. The van der Waals surface area contributed by atoms with Crippen LogP contribution in [0.1, 0.15) is 37.1 Å². The van der Waals surface area contributed by atoms with Gasteiger partial charge in [0.2, 0.25) is 5.91 Å². The Kier molecular flexibility index (Phi) is 4.44. The summed E-state index contributed by atoms with van der Waals surface area (Å²) in [6.07, 6.45) is 1.60. The van der Waals surface area contributed by atoms with Crippen molar-refractivity contribution in [1.29, 1.82) is 0 Å². The number of hydrogen-bond donors (Lipinski definition) is 1. The van der Waals surface area contributed by atoms with Crippen LogP contribution in [0.2, 0.25) is 0 Å². The SMILES string of the molecule is Cc1ccc2c(c1)c1c(n2CCC(=O)NC(C)C)CCN(C)C1. The number of amides is 1. The molecule has 0 saturated heterocycles. The summed E-state index contributed by atoms with van der Waals surface area (Å²) >= 11 is 0. The molecule has 2 heterocycles. The molecule has 4 nitrogen and oxygen atoms in total. The van der Waals surface area contributed by atoms with Gasteiger partial charge >= 0.3 is 0 Å². The van der Waals surface area contributed by atoms with Gasteiger partial charge in [-0.15, -0.1) is 0 Å². The fourth-order valence-electron chi connectivity index (χ4n) is 3.56. The second-order valence-electron chi connectivity index (χ2n) is 7.06. The van der Waals surface area contributed by atoms with E-state index in [1.165, 1.54) is 27.7 Å². The Bertz CT molecular complexity index is 730. The number of fused-ring (bicyclic) bond motifs is 3. The number of carbonyl (C=O) groups excluding carboxylic acids is 1. The van der Waals surface area contributed by atoms with E-state index in [1.807, 2.05) is 13.8 Å². The molecular weight excluding hydrogens is 286 g/mol. The quantitative estimate of drug-likeness (QED) is 0.942. The standard InChI is InChI=1S/C19H27N3O/c1-13(2)20-19(23)8-10-22-17-6-5-14(3)11-15(17)16-12-21(4)9-7-18(16)22/h5-6,11,13H,7-10,12H2,1-4H3,(H,20,23). The van der Waals surface area contributed by atoms with Crippen molar-refractivity contribution < 1.29 is 4.79 Å². The lowest BCUT2D eigenvalue weighted by molar-refractivity contribution is -0.121. The van der Waals surface area contributed by atoms with Crippen molar-refractivity contribution in [2.75, 3.05) is 13.6 Å². The summed E-state index contributed by atoms with van der Waals surface area (Å²) in [7, 11) is 2.18. The molecule has 1 aromatic carbocycles. The van der Waals surface area contributed by atoms with Gasteiger partial charge in [-0.3, -0.25) is 4.79 Å². The topological polar surface area (TPSA) is 37.3 Å². The minimum Gasteiger partial charge on any atom is -0.354 e. The van der Waals surface area contributed by atoms with Crippen molar-refractivity contribution in [2.45, 2.75) is 52.7 Å². The Hall–Kier alpha value is -1.81. The number of carbonyl (C=O) groups is 1. The number of aryl methyl sites for hydroxylation is 2. The lowest BCUT2D eigenvalue weighted by Crippen LogP contribution is -2.31. The van der Waals surface area contributed by atoms with Gasteiger partial charge in [0.15, 0.2) is 0 Å². The number of nitrogens with zero attached hydrogens (tertiary/aromatic N) is 2. The van der Waals surface area contributed by atoms with Gasteiger partial charge < -0.3 is 14.8 Å². The van der Waals surface area contributed by atoms with Crippen LogP contribution in [0.3, 0.4) is 0 Å². The Morgan fingerprint density at radius 3 is 2.87 bits per heavy atom. The first kappa shape index (κ1) is 16.1. The minimum absolute atomic E-state index is 0.135. The molecular formula is C19H27N3O. The predicted molar refractivity (Wildman–Crippen MR) is 94.6 cm³/mol. The normalized spacial score (nSPS) is 15.2. The number of benzene rings is 1. The van der Waals surface area contributed by atoms with E-state index in [9.17, 15) is 4.79 Å². The van der Waals surface area contributed by atoms with Crippen molar-refractivity contribution >= 4 is 16.8 Å². The second kappa shape index (κ2) is 6.36. The Morgan fingerprint density at radius 1 is 1.35 bits per heavy atom. The molecule has 0 unspecified atom stereocenters. The fraction of sp³-hybridized carbons (Fsp3) is 0.526. The maximum atomic E-state index is 12.0. The maximum Gasteiger partial charge on any atom is 0.221 e. The molecule has 4 heteroatoms. The molecule has 0 aliphatic carbocycles. The average Bonchev–Trinajstić information content (AvgIpc) is 2.77. The fourth-order valence-corrected chi connectivity index (χ4v) is 3.56. The number of rotatable bonds is 4. The van der Waals surface area contributed by atoms with E-state index < -0.39 is 0 Å². The third kappa shape index (κ3) is 3.27. The van der Waals surface area contributed by atoms with Gasteiger partial charge in [0, 0.05) is 55.1 Å². The first-order valence-electron chi connectivity index (χ1n) is 8.54. The van der Waals surface area contributed by atoms with Crippen LogP contribution in [0.25, 0.3) is 10.9 Å². The molecule has 0 bridgehead atoms. The lowest BCUT2D eigenvalue weighted by atomic mass is 10.0.